The third kappa shape index (κ3) is 3.94. The number of carboxylic acid groups (broad SMARTS) is 1. The lowest BCUT2D eigenvalue weighted by atomic mass is 10.0. The Bertz CT molecular complexity index is 600. The van der Waals surface area contributed by atoms with Gasteiger partial charge in [0.05, 0.1) is 4.90 Å². The number of hydrogen-bond acceptors (Lipinski definition) is 3. The molecule has 0 saturated heterocycles. The number of aryl methyl sites for hydroxylation is 1. The maximum atomic E-state index is 12.3. The summed E-state index contributed by atoms with van der Waals surface area (Å²) < 4.78 is 26.9. The molecule has 20 heavy (non-hydrogen) atoms. The standard InChI is InChI=1S/C13H18ClNO4S/c1-4-8(2)12(13(16)17)15-20(18,19)11-7-10(14)6-5-9(11)3/h5-8,12,15H,4H2,1-3H3,(H,16,17)/t8-,12-/m0/s1. The van der Waals surface area contributed by atoms with E-state index >= 15 is 0 Å². The lowest BCUT2D eigenvalue weighted by Crippen LogP contribution is -2.45. The Morgan fingerprint density at radius 2 is 2.05 bits per heavy atom. The summed E-state index contributed by atoms with van der Waals surface area (Å²) >= 11 is 5.80. The van der Waals surface area contributed by atoms with E-state index in [1.807, 2.05) is 0 Å². The lowest BCUT2D eigenvalue weighted by molar-refractivity contribution is -0.140. The van der Waals surface area contributed by atoms with Crippen LogP contribution in [-0.4, -0.2) is 25.5 Å². The SMILES string of the molecule is CC[C@H](C)[C@H](NS(=O)(=O)c1cc(Cl)ccc1C)C(=O)O. The van der Waals surface area contributed by atoms with Crippen LogP contribution in [0.4, 0.5) is 0 Å². The molecule has 2 atom stereocenters. The Kier molecular flexibility index (Phi) is 5.56. The molecule has 0 heterocycles. The molecule has 0 spiro atoms. The van der Waals surface area contributed by atoms with Crippen molar-refractivity contribution in [3.8, 4) is 0 Å². The summed E-state index contributed by atoms with van der Waals surface area (Å²) in [5, 5.41) is 9.44. The zero-order chi connectivity index (χ0) is 15.5. The number of carboxylic acids is 1. The van der Waals surface area contributed by atoms with Crippen molar-refractivity contribution in [3.05, 3.63) is 28.8 Å². The molecule has 112 valence electrons. The average molecular weight is 320 g/mol. The summed E-state index contributed by atoms with van der Waals surface area (Å²) in [6.07, 6.45) is 0.550. The third-order valence-corrected chi connectivity index (χ3v) is 5.02. The van der Waals surface area contributed by atoms with Crippen LogP contribution in [0.15, 0.2) is 23.1 Å². The van der Waals surface area contributed by atoms with Crippen LogP contribution in [0.3, 0.4) is 0 Å². The minimum Gasteiger partial charge on any atom is -0.480 e. The van der Waals surface area contributed by atoms with Gasteiger partial charge in [0, 0.05) is 5.02 Å². The second-order valence-electron chi connectivity index (χ2n) is 4.73. The highest BCUT2D eigenvalue weighted by Gasteiger charge is 2.30. The molecule has 0 fully saturated rings. The Labute approximate surface area is 124 Å². The van der Waals surface area contributed by atoms with E-state index in [4.69, 9.17) is 16.7 Å². The van der Waals surface area contributed by atoms with Crippen molar-refractivity contribution in [1.82, 2.24) is 4.72 Å². The molecule has 0 bridgehead atoms. The van der Waals surface area contributed by atoms with E-state index in [2.05, 4.69) is 4.72 Å². The molecule has 0 aromatic heterocycles. The molecular formula is C13H18ClNO4S. The number of carbonyl (C=O) groups is 1. The number of nitrogens with one attached hydrogen (secondary N) is 1. The molecule has 0 unspecified atom stereocenters. The predicted molar refractivity (Wildman–Crippen MR) is 77.4 cm³/mol. The van der Waals surface area contributed by atoms with Crippen LogP contribution in [-0.2, 0) is 14.8 Å². The van der Waals surface area contributed by atoms with Gasteiger partial charge >= 0.3 is 5.97 Å². The molecule has 0 amide bonds. The van der Waals surface area contributed by atoms with E-state index < -0.39 is 22.0 Å². The minimum absolute atomic E-state index is 0.000414. The summed E-state index contributed by atoms with van der Waals surface area (Å²) in [6.45, 7) is 5.12. The Morgan fingerprint density at radius 3 is 2.55 bits per heavy atom. The summed E-state index contributed by atoms with van der Waals surface area (Å²) in [5.41, 5.74) is 0.509. The molecule has 1 aromatic carbocycles. The van der Waals surface area contributed by atoms with Crippen LogP contribution in [0, 0.1) is 12.8 Å². The maximum Gasteiger partial charge on any atom is 0.322 e. The second kappa shape index (κ2) is 6.56. The number of sulfonamides is 1. The Hall–Kier alpha value is -1.11. The van der Waals surface area contributed by atoms with Gasteiger partial charge in [0.2, 0.25) is 10.0 Å². The first-order valence-corrected chi connectivity index (χ1v) is 8.06. The zero-order valence-electron chi connectivity index (χ0n) is 11.6. The Balaban J connectivity index is 3.16. The van der Waals surface area contributed by atoms with Gasteiger partial charge in [-0.05, 0) is 30.5 Å². The van der Waals surface area contributed by atoms with Crippen molar-refractivity contribution in [2.24, 2.45) is 5.92 Å². The largest absolute Gasteiger partial charge is 0.480 e. The fourth-order valence-electron chi connectivity index (χ4n) is 1.74. The van der Waals surface area contributed by atoms with E-state index in [9.17, 15) is 13.2 Å². The molecule has 1 aromatic rings. The first-order valence-electron chi connectivity index (χ1n) is 6.20. The smallest absolute Gasteiger partial charge is 0.322 e. The molecule has 0 aliphatic heterocycles. The summed E-state index contributed by atoms with van der Waals surface area (Å²) in [7, 11) is -3.93. The van der Waals surface area contributed by atoms with Gasteiger partial charge in [-0.25, -0.2) is 8.42 Å². The van der Waals surface area contributed by atoms with E-state index in [0.717, 1.165) is 0 Å². The molecule has 2 N–H and O–H groups in total. The van der Waals surface area contributed by atoms with Crippen LogP contribution in [0.5, 0.6) is 0 Å². The molecule has 1 rings (SSSR count). The van der Waals surface area contributed by atoms with Gasteiger partial charge in [0.25, 0.3) is 0 Å². The highest BCUT2D eigenvalue weighted by molar-refractivity contribution is 7.89. The van der Waals surface area contributed by atoms with Gasteiger partial charge in [-0.3, -0.25) is 4.79 Å². The number of hydrogen-bond donors (Lipinski definition) is 2. The van der Waals surface area contributed by atoms with E-state index in [1.54, 1.807) is 32.9 Å². The quantitative estimate of drug-likeness (QED) is 0.843. The van der Waals surface area contributed by atoms with Crippen molar-refractivity contribution in [1.29, 1.82) is 0 Å². The van der Waals surface area contributed by atoms with Gasteiger partial charge in [-0.1, -0.05) is 37.9 Å². The van der Waals surface area contributed by atoms with Crippen molar-refractivity contribution in [3.63, 3.8) is 0 Å². The van der Waals surface area contributed by atoms with Crippen molar-refractivity contribution >= 4 is 27.6 Å². The van der Waals surface area contributed by atoms with Crippen LogP contribution in [0.25, 0.3) is 0 Å². The van der Waals surface area contributed by atoms with Gasteiger partial charge in [-0.2, -0.15) is 4.72 Å². The van der Waals surface area contributed by atoms with Crippen molar-refractivity contribution in [2.45, 2.75) is 38.1 Å². The number of halogens is 1. The van der Waals surface area contributed by atoms with Gasteiger partial charge in [0.15, 0.2) is 0 Å². The number of rotatable bonds is 6. The van der Waals surface area contributed by atoms with Crippen molar-refractivity contribution in [2.75, 3.05) is 0 Å². The topological polar surface area (TPSA) is 83.5 Å². The lowest BCUT2D eigenvalue weighted by Gasteiger charge is -2.20. The predicted octanol–water partition coefficient (Wildman–Crippen LogP) is 2.43. The van der Waals surface area contributed by atoms with Gasteiger partial charge in [0.1, 0.15) is 6.04 Å². The Morgan fingerprint density at radius 1 is 1.45 bits per heavy atom. The summed E-state index contributed by atoms with van der Waals surface area (Å²) in [4.78, 5) is 11.2. The third-order valence-electron chi connectivity index (χ3n) is 3.20. The van der Waals surface area contributed by atoms with Gasteiger partial charge < -0.3 is 5.11 Å². The van der Waals surface area contributed by atoms with E-state index in [0.29, 0.717) is 12.0 Å². The minimum atomic E-state index is -3.93. The second-order valence-corrected chi connectivity index (χ2v) is 6.85. The van der Waals surface area contributed by atoms with Crippen LogP contribution < -0.4 is 4.72 Å². The monoisotopic (exact) mass is 319 g/mol. The van der Waals surface area contributed by atoms with Crippen LogP contribution in [0.1, 0.15) is 25.8 Å². The molecule has 7 heteroatoms. The average Bonchev–Trinajstić information content (AvgIpc) is 2.37. The zero-order valence-corrected chi connectivity index (χ0v) is 13.1. The van der Waals surface area contributed by atoms with E-state index in [-0.39, 0.29) is 15.8 Å². The number of aliphatic carboxylic acids is 1. The normalized spacial score (nSPS) is 14.8. The van der Waals surface area contributed by atoms with Crippen molar-refractivity contribution < 1.29 is 18.3 Å². The van der Waals surface area contributed by atoms with Crippen LogP contribution >= 0.6 is 11.6 Å². The fraction of sp³-hybridized carbons (Fsp3) is 0.462. The first kappa shape index (κ1) is 16.9. The van der Waals surface area contributed by atoms with E-state index in [1.165, 1.54) is 6.07 Å². The molecule has 0 aliphatic carbocycles. The number of benzene rings is 1. The van der Waals surface area contributed by atoms with Crippen LogP contribution in [0.2, 0.25) is 5.02 Å². The maximum absolute atomic E-state index is 12.3. The molecule has 0 radical (unpaired) electrons. The molecular weight excluding hydrogens is 302 g/mol. The molecule has 5 nitrogen and oxygen atoms in total. The highest BCUT2D eigenvalue weighted by Crippen LogP contribution is 2.21. The first-order chi connectivity index (χ1) is 9.19. The highest BCUT2D eigenvalue weighted by atomic mass is 35.5. The summed E-state index contributed by atoms with van der Waals surface area (Å²) in [5.74, 6) is -1.51. The fourth-order valence-corrected chi connectivity index (χ4v) is 3.54. The molecule has 0 saturated carbocycles. The summed E-state index contributed by atoms with van der Waals surface area (Å²) in [6, 6.07) is 3.31. The molecule has 0 aliphatic rings. The van der Waals surface area contributed by atoms with Gasteiger partial charge in [-0.15, -0.1) is 0 Å².